The fraction of sp³-hybridized carbons (Fsp3) is 0.364. The van der Waals surface area contributed by atoms with Gasteiger partial charge in [-0.2, -0.15) is 0 Å². The lowest BCUT2D eigenvalue weighted by atomic mass is 9.92. The lowest BCUT2D eigenvalue weighted by molar-refractivity contribution is 0.0514. The van der Waals surface area contributed by atoms with E-state index in [4.69, 9.17) is 4.74 Å². The number of rotatable bonds is 5. The highest BCUT2D eigenvalue weighted by molar-refractivity contribution is 6.10. The van der Waals surface area contributed by atoms with Gasteiger partial charge in [-0.05, 0) is 43.9 Å². The van der Waals surface area contributed by atoms with Crippen molar-refractivity contribution in [2.75, 3.05) is 20.7 Å². The van der Waals surface area contributed by atoms with Crippen molar-refractivity contribution in [2.45, 2.75) is 33.2 Å². The third-order valence-electron chi connectivity index (χ3n) is 4.67. The Hall–Kier alpha value is -2.82. The molecule has 0 saturated heterocycles. The molecule has 1 aromatic heterocycles. The Morgan fingerprint density at radius 3 is 2.70 bits per heavy atom. The molecule has 0 fully saturated rings. The first kappa shape index (κ1) is 19.0. The third kappa shape index (κ3) is 3.97. The number of ketones is 1. The van der Waals surface area contributed by atoms with Crippen LogP contribution in [-0.2, 0) is 17.7 Å². The van der Waals surface area contributed by atoms with Gasteiger partial charge in [0.1, 0.15) is 5.69 Å². The van der Waals surface area contributed by atoms with Gasteiger partial charge in [-0.15, -0.1) is 0 Å². The number of ether oxygens (including phenoxy) is 1. The van der Waals surface area contributed by atoms with Gasteiger partial charge in [-0.25, -0.2) is 4.79 Å². The number of hydrogen-bond donors (Lipinski definition) is 0. The summed E-state index contributed by atoms with van der Waals surface area (Å²) in [6, 6.07) is 9.94. The molecule has 0 radical (unpaired) electrons. The van der Waals surface area contributed by atoms with E-state index in [1.165, 1.54) is 0 Å². The Balaban J connectivity index is 2.10. The quantitative estimate of drug-likeness (QED) is 0.599. The zero-order valence-electron chi connectivity index (χ0n) is 16.4. The van der Waals surface area contributed by atoms with Gasteiger partial charge < -0.3 is 14.2 Å². The SMILES string of the molecule is CCOC(=O)c1cc2c(n1Cc1cccc(C)c1)C(=O)/C(=C/N(C)C)CC2. The van der Waals surface area contributed by atoms with Crippen LogP contribution in [0.3, 0.4) is 0 Å². The summed E-state index contributed by atoms with van der Waals surface area (Å²) in [5.74, 6) is -0.390. The van der Waals surface area contributed by atoms with Crippen LogP contribution in [-0.4, -0.2) is 41.9 Å². The zero-order valence-corrected chi connectivity index (χ0v) is 16.4. The molecule has 0 aliphatic heterocycles. The number of benzene rings is 1. The molecule has 1 aliphatic carbocycles. The predicted octanol–water partition coefficient (Wildman–Crippen LogP) is 3.60. The number of allylic oxidation sites excluding steroid dienone is 1. The van der Waals surface area contributed by atoms with E-state index in [1.807, 2.05) is 61.0 Å². The van der Waals surface area contributed by atoms with Crippen LogP contribution in [0.5, 0.6) is 0 Å². The molecular formula is C22H26N2O3. The summed E-state index contributed by atoms with van der Waals surface area (Å²) in [6.07, 6.45) is 3.30. The summed E-state index contributed by atoms with van der Waals surface area (Å²) in [4.78, 5) is 27.6. The van der Waals surface area contributed by atoms with Crippen LogP contribution in [0, 0.1) is 6.92 Å². The van der Waals surface area contributed by atoms with Crippen molar-refractivity contribution in [2.24, 2.45) is 0 Å². The van der Waals surface area contributed by atoms with Crippen LogP contribution >= 0.6 is 0 Å². The number of aryl methyl sites for hydroxylation is 2. The number of nitrogens with zero attached hydrogens (tertiary/aromatic N) is 2. The van der Waals surface area contributed by atoms with Gasteiger partial charge in [0.2, 0.25) is 5.78 Å². The monoisotopic (exact) mass is 366 g/mol. The number of Topliss-reactive ketones (excluding diaryl/α,β-unsaturated/α-hetero) is 1. The van der Waals surface area contributed by atoms with Crippen molar-refractivity contribution in [3.8, 4) is 0 Å². The standard InChI is InChI=1S/C22H26N2O3/c1-5-27-22(26)19-12-17-9-10-18(14-23(3)4)21(25)20(17)24(19)13-16-8-6-7-15(2)11-16/h6-8,11-12,14H,5,9-10,13H2,1-4H3/b18-14+. The Bertz CT molecular complexity index is 906. The maximum Gasteiger partial charge on any atom is 0.354 e. The van der Waals surface area contributed by atoms with Crippen molar-refractivity contribution in [1.82, 2.24) is 9.47 Å². The average molecular weight is 366 g/mol. The molecule has 142 valence electrons. The van der Waals surface area contributed by atoms with Gasteiger partial charge >= 0.3 is 5.97 Å². The molecule has 2 aromatic rings. The Morgan fingerprint density at radius 2 is 2.04 bits per heavy atom. The fourth-order valence-corrected chi connectivity index (χ4v) is 3.57. The Morgan fingerprint density at radius 1 is 1.26 bits per heavy atom. The molecular weight excluding hydrogens is 340 g/mol. The topological polar surface area (TPSA) is 51.5 Å². The first-order chi connectivity index (χ1) is 12.9. The smallest absolute Gasteiger partial charge is 0.354 e. The average Bonchev–Trinajstić information content (AvgIpc) is 2.97. The molecule has 1 aromatic carbocycles. The van der Waals surface area contributed by atoms with Crippen LogP contribution in [0.1, 0.15) is 51.0 Å². The maximum absolute atomic E-state index is 13.2. The van der Waals surface area contributed by atoms with Crippen molar-refractivity contribution in [3.05, 3.63) is 70.2 Å². The highest BCUT2D eigenvalue weighted by Gasteiger charge is 2.30. The molecule has 0 bridgehead atoms. The second kappa shape index (κ2) is 7.82. The minimum Gasteiger partial charge on any atom is -0.461 e. The van der Waals surface area contributed by atoms with Crippen molar-refractivity contribution < 1.29 is 14.3 Å². The highest BCUT2D eigenvalue weighted by atomic mass is 16.5. The second-order valence-corrected chi connectivity index (χ2v) is 7.15. The van der Waals surface area contributed by atoms with Gasteiger partial charge in [0.15, 0.2) is 0 Å². The van der Waals surface area contributed by atoms with Gasteiger partial charge in [0.25, 0.3) is 0 Å². The first-order valence-corrected chi connectivity index (χ1v) is 9.27. The number of hydrogen-bond acceptors (Lipinski definition) is 4. The molecule has 1 aliphatic rings. The summed E-state index contributed by atoms with van der Waals surface area (Å²) < 4.78 is 7.07. The molecule has 5 heteroatoms. The van der Waals surface area contributed by atoms with Crippen LogP contribution in [0.2, 0.25) is 0 Å². The summed E-state index contributed by atoms with van der Waals surface area (Å²) in [5, 5.41) is 0. The molecule has 0 saturated carbocycles. The molecule has 1 heterocycles. The van der Waals surface area contributed by atoms with Crippen LogP contribution in [0.15, 0.2) is 42.1 Å². The molecule has 27 heavy (non-hydrogen) atoms. The van der Waals surface area contributed by atoms with E-state index in [1.54, 1.807) is 6.92 Å². The van der Waals surface area contributed by atoms with E-state index in [0.29, 0.717) is 31.0 Å². The number of carbonyl (C=O) groups is 2. The largest absolute Gasteiger partial charge is 0.461 e. The molecule has 0 amide bonds. The van der Waals surface area contributed by atoms with E-state index in [0.717, 1.165) is 28.7 Å². The zero-order chi connectivity index (χ0) is 19.6. The van der Waals surface area contributed by atoms with Crippen LogP contribution < -0.4 is 0 Å². The van der Waals surface area contributed by atoms with E-state index in [9.17, 15) is 9.59 Å². The summed E-state index contributed by atoms with van der Waals surface area (Å²) in [5.41, 5.74) is 4.95. The van der Waals surface area contributed by atoms with Crippen LogP contribution in [0.4, 0.5) is 0 Å². The van der Waals surface area contributed by atoms with E-state index in [-0.39, 0.29) is 11.8 Å². The molecule has 0 spiro atoms. The number of aromatic nitrogens is 1. The third-order valence-corrected chi connectivity index (χ3v) is 4.67. The molecule has 5 nitrogen and oxygen atoms in total. The van der Waals surface area contributed by atoms with Crippen molar-refractivity contribution in [3.63, 3.8) is 0 Å². The maximum atomic E-state index is 13.2. The van der Waals surface area contributed by atoms with Gasteiger partial charge in [-0.1, -0.05) is 29.8 Å². The molecule has 0 N–H and O–H groups in total. The minimum atomic E-state index is -0.384. The summed E-state index contributed by atoms with van der Waals surface area (Å²) >= 11 is 0. The van der Waals surface area contributed by atoms with Gasteiger partial charge in [0.05, 0.1) is 12.3 Å². The molecule has 3 rings (SSSR count). The Kier molecular flexibility index (Phi) is 5.49. The van der Waals surface area contributed by atoms with Crippen molar-refractivity contribution >= 4 is 11.8 Å². The fourth-order valence-electron chi connectivity index (χ4n) is 3.57. The minimum absolute atomic E-state index is 0.00634. The number of fused-ring (bicyclic) bond motifs is 1. The first-order valence-electron chi connectivity index (χ1n) is 9.27. The highest BCUT2D eigenvalue weighted by Crippen LogP contribution is 2.30. The Labute approximate surface area is 160 Å². The van der Waals surface area contributed by atoms with Gasteiger partial charge in [0, 0.05) is 32.4 Å². The number of carbonyl (C=O) groups excluding carboxylic acids is 2. The summed E-state index contributed by atoms with van der Waals surface area (Å²) in [6.45, 7) is 4.59. The molecule has 0 atom stereocenters. The van der Waals surface area contributed by atoms with E-state index in [2.05, 4.69) is 6.07 Å². The summed E-state index contributed by atoms with van der Waals surface area (Å²) in [7, 11) is 3.82. The lowest BCUT2D eigenvalue weighted by Gasteiger charge is -2.19. The number of esters is 1. The van der Waals surface area contributed by atoms with E-state index >= 15 is 0 Å². The predicted molar refractivity (Wildman–Crippen MR) is 105 cm³/mol. The normalized spacial score (nSPS) is 15.0. The van der Waals surface area contributed by atoms with E-state index < -0.39 is 0 Å². The molecule has 0 unspecified atom stereocenters. The van der Waals surface area contributed by atoms with Gasteiger partial charge in [-0.3, -0.25) is 4.79 Å². The second-order valence-electron chi connectivity index (χ2n) is 7.15. The van der Waals surface area contributed by atoms with Crippen molar-refractivity contribution in [1.29, 1.82) is 0 Å². The van der Waals surface area contributed by atoms with Crippen LogP contribution in [0.25, 0.3) is 0 Å². The lowest BCUT2D eigenvalue weighted by Crippen LogP contribution is -2.22.